The molecule has 7 nitrogen and oxygen atoms in total. The highest BCUT2D eigenvalue weighted by atomic mass is 32.1. The second-order valence-electron chi connectivity index (χ2n) is 4.31. The highest BCUT2D eigenvalue weighted by Gasteiger charge is 2.12. The van der Waals surface area contributed by atoms with E-state index in [1.54, 1.807) is 23.6 Å². The summed E-state index contributed by atoms with van der Waals surface area (Å²) < 4.78 is 0.661. The van der Waals surface area contributed by atoms with Crippen molar-refractivity contribution in [1.29, 1.82) is 0 Å². The molecule has 116 valence electrons. The minimum Gasteiger partial charge on any atom is -0.308 e. The summed E-state index contributed by atoms with van der Waals surface area (Å²) >= 11 is 7.61. The van der Waals surface area contributed by atoms with Crippen LogP contribution in [0.15, 0.2) is 35.7 Å². The van der Waals surface area contributed by atoms with Crippen LogP contribution in [-0.4, -0.2) is 20.9 Å². The number of fused-ring (bicyclic) bond motifs is 1. The molecule has 1 amide bonds. The number of hydrogen-bond donors (Lipinski definition) is 2. The molecule has 0 fully saturated rings. The first kappa shape index (κ1) is 15.5. The molecule has 0 atom stereocenters. The molecule has 0 aliphatic rings. The van der Waals surface area contributed by atoms with Gasteiger partial charge in [-0.25, -0.2) is 4.98 Å². The van der Waals surface area contributed by atoms with Crippen molar-refractivity contribution in [3.8, 4) is 0 Å². The van der Waals surface area contributed by atoms with E-state index in [0.717, 1.165) is 0 Å². The lowest BCUT2D eigenvalue weighted by Crippen LogP contribution is -2.33. The number of thiophene rings is 1. The van der Waals surface area contributed by atoms with Crippen LogP contribution in [0.5, 0.6) is 0 Å². The zero-order chi connectivity index (χ0) is 16.4. The number of nitrogens with zero attached hydrogens (tertiary/aromatic N) is 2. The zero-order valence-electron chi connectivity index (χ0n) is 11.3. The van der Waals surface area contributed by atoms with E-state index < -0.39 is 4.92 Å². The van der Waals surface area contributed by atoms with Crippen molar-refractivity contribution >= 4 is 66.9 Å². The third-order valence-corrected chi connectivity index (χ3v) is 4.78. The molecule has 3 aromatic rings. The first-order chi connectivity index (χ1) is 11.0. The lowest BCUT2D eigenvalue weighted by atomic mass is 10.3. The number of nitro benzene ring substituents is 1. The zero-order valence-corrected chi connectivity index (χ0v) is 13.8. The van der Waals surface area contributed by atoms with Gasteiger partial charge in [0, 0.05) is 12.1 Å². The molecule has 0 bridgehead atoms. The van der Waals surface area contributed by atoms with Gasteiger partial charge in [0.2, 0.25) is 0 Å². The van der Waals surface area contributed by atoms with Crippen LogP contribution in [0.4, 0.5) is 10.8 Å². The molecule has 0 aliphatic carbocycles. The van der Waals surface area contributed by atoms with Crippen molar-refractivity contribution in [2.75, 3.05) is 5.32 Å². The number of hydrogen-bond acceptors (Lipinski definition) is 7. The minimum atomic E-state index is -0.460. The van der Waals surface area contributed by atoms with Crippen LogP contribution in [0.2, 0.25) is 0 Å². The van der Waals surface area contributed by atoms with Crippen LogP contribution in [0.3, 0.4) is 0 Å². The van der Waals surface area contributed by atoms with E-state index >= 15 is 0 Å². The maximum atomic E-state index is 11.9. The van der Waals surface area contributed by atoms with Gasteiger partial charge in [0.1, 0.15) is 0 Å². The number of anilines is 1. The van der Waals surface area contributed by atoms with Gasteiger partial charge in [-0.05, 0) is 29.7 Å². The normalized spacial score (nSPS) is 10.4. The number of thiocarbonyl (C=S) groups is 1. The Kier molecular flexibility index (Phi) is 4.28. The van der Waals surface area contributed by atoms with Crippen molar-refractivity contribution in [1.82, 2.24) is 10.3 Å². The summed E-state index contributed by atoms with van der Waals surface area (Å²) in [5, 5.41) is 18.5. The van der Waals surface area contributed by atoms with E-state index in [0.29, 0.717) is 20.2 Å². The first-order valence-electron chi connectivity index (χ1n) is 6.24. The van der Waals surface area contributed by atoms with Gasteiger partial charge >= 0.3 is 0 Å². The van der Waals surface area contributed by atoms with Crippen LogP contribution >= 0.6 is 34.9 Å². The van der Waals surface area contributed by atoms with Crippen molar-refractivity contribution in [3.05, 3.63) is 50.7 Å². The molecule has 3 rings (SSSR count). The molecule has 10 heteroatoms. The molecule has 23 heavy (non-hydrogen) atoms. The molecule has 0 radical (unpaired) electrons. The van der Waals surface area contributed by atoms with E-state index in [4.69, 9.17) is 12.2 Å². The number of thiazole rings is 1. The van der Waals surface area contributed by atoms with Gasteiger partial charge in [-0.1, -0.05) is 17.4 Å². The van der Waals surface area contributed by atoms with Gasteiger partial charge in [-0.2, -0.15) is 0 Å². The van der Waals surface area contributed by atoms with E-state index in [1.807, 2.05) is 0 Å². The fraction of sp³-hybridized carbons (Fsp3) is 0. The van der Waals surface area contributed by atoms with Crippen LogP contribution in [-0.2, 0) is 0 Å². The summed E-state index contributed by atoms with van der Waals surface area (Å²) in [5.41, 5.74) is 0.622. The largest absolute Gasteiger partial charge is 0.308 e. The van der Waals surface area contributed by atoms with Gasteiger partial charge in [0.05, 0.1) is 20.0 Å². The SMILES string of the molecule is O=C(NC(=S)Nc1nc2ccc([N+](=O)[O-])cc2s1)c1cccs1. The highest BCUT2D eigenvalue weighted by Crippen LogP contribution is 2.29. The molecular weight excluding hydrogens is 356 g/mol. The Morgan fingerprint density at radius 1 is 1.35 bits per heavy atom. The standard InChI is InChI=1S/C13H8N4O3S3/c18-11(9-2-1-5-22-9)15-12(21)16-13-14-8-4-3-7(17(19)20)6-10(8)23-13/h1-6H,(H2,14,15,16,18,21). The van der Waals surface area contributed by atoms with Crippen LogP contribution in [0, 0.1) is 10.1 Å². The molecule has 0 saturated heterocycles. The molecule has 0 unspecified atom stereocenters. The summed E-state index contributed by atoms with van der Waals surface area (Å²) in [5.74, 6) is -0.297. The Bertz CT molecular complexity index is 904. The van der Waals surface area contributed by atoms with Crippen molar-refractivity contribution in [3.63, 3.8) is 0 Å². The molecule has 2 aromatic heterocycles. The third kappa shape index (κ3) is 3.50. The van der Waals surface area contributed by atoms with Crippen molar-refractivity contribution < 1.29 is 9.72 Å². The fourth-order valence-electron chi connectivity index (χ4n) is 1.78. The number of carbonyl (C=O) groups is 1. The maximum Gasteiger partial charge on any atom is 0.270 e. The molecule has 2 heterocycles. The molecule has 2 N–H and O–H groups in total. The Morgan fingerprint density at radius 3 is 2.87 bits per heavy atom. The predicted molar refractivity (Wildman–Crippen MR) is 94.3 cm³/mol. The van der Waals surface area contributed by atoms with Crippen molar-refractivity contribution in [2.45, 2.75) is 0 Å². The smallest absolute Gasteiger partial charge is 0.270 e. The molecule has 0 aliphatic heterocycles. The molecule has 0 spiro atoms. The first-order valence-corrected chi connectivity index (χ1v) is 8.34. The second-order valence-corrected chi connectivity index (χ2v) is 6.70. The number of carbonyl (C=O) groups excluding carboxylic acids is 1. The Labute approximate surface area is 143 Å². The number of nitro groups is 1. The number of amides is 1. The molecule has 1 aromatic carbocycles. The monoisotopic (exact) mass is 364 g/mol. The average Bonchev–Trinajstić information content (AvgIpc) is 3.15. The highest BCUT2D eigenvalue weighted by molar-refractivity contribution is 7.80. The Balaban J connectivity index is 1.72. The van der Waals surface area contributed by atoms with Crippen molar-refractivity contribution in [2.24, 2.45) is 0 Å². The average molecular weight is 364 g/mol. The topological polar surface area (TPSA) is 97.2 Å². The van der Waals surface area contributed by atoms with Gasteiger partial charge in [-0.3, -0.25) is 20.2 Å². The van der Waals surface area contributed by atoms with E-state index in [9.17, 15) is 14.9 Å². The second kappa shape index (κ2) is 6.36. The van der Waals surface area contributed by atoms with Crippen LogP contribution in [0.1, 0.15) is 9.67 Å². The summed E-state index contributed by atoms with van der Waals surface area (Å²) in [6.07, 6.45) is 0. The van der Waals surface area contributed by atoms with E-state index in [1.165, 1.54) is 34.8 Å². The van der Waals surface area contributed by atoms with Gasteiger partial charge in [-0.15, -0.1) is 11.3 Å². The van der Waals surface area contributed by atoms with E-state index in [-0.39, 0.29) is 16.7 Å². The quantitative estimate of drug-likeness (QED) is 0.420. The maximum absolute atomic E-state index is 11.9. The predicted octanol–water partition coefficient (Wildman–Crippen LogP) is 3.39. The summed E-state index contributed by atoms with van der Waals surface area (Å²) in [6, 6.07) is 7.88. The number of rotatable bonds is 3. The molecular formula is C13H8N4O3S3. The molecule has 0 saturated carbocycles. The lowest BCUT2D eigenvalue weighted by molar-refractivity contribution is -0.384. The number of aromatic nitrogens is 1. The summed E-state index contributed by atoms with van der Waals surface area (Å²) in [6.45, 7) is 0. The number of non-ortho nitro benzene ring substituents is 1. The number of nitrogens with one attached hydrogen (secondary N) is 2. The Hall–Kier alpha value is -2.43. The van der Waals surface area contributed by atoms with Gasteiger partial charge < -0.3 is 5.32 Å². The third-order valence-electron chi connectivity index (χ3n) is 2.78. The number of benzene rings is 1. The lowest BCUT2D eigenvalue weighted by Gasteiger charge is -2.05. The minimum absolute atomic E-state index is 0.00118. The Morgan fingerprint density at radius 2 is 2.17 bits per heavy atom. The fourth-order valence-corrected chi connectivity index (χ4v) is 3.56. The van der Waals surface area contributed by atoms with Crippen LogP contribution in [0.25, 0.3) is 10.2 Å². The summed E-state index contributed by atoms with van der Waals surface area (Å²) in [7, 11) is 0. The van der Waals surface area contributed by atoms with Gasteiger partial charge in [0.15, 0.2) is 10.2 Å². The van der Waals surface area contributed by atoms with Gasteiger partial charge in [0.25, 0.3) is 11.6 Å². The van der Waals surface area contributed by atoms with Crippen LogP contribution < -0.4 is 10.6 Å². The summed E-state index contributed by atoms with van der Waals surface area (Å²) in [4.78, 5) is 27.0. The van der Waals surface area contributed by atoms with E-state index in [2.05, 4.69) is 15.6 Å².